The standard InChI is InChI=1S/C24H23ClN4O3S/c1-15(30)29(17-7-4-6-16(25)12-17)24-27-21(14-33-24)22-26-20-10-3-2-9-19(20)23(31)28(22)13-18-8-5-11-32-18/h2-4,6-7,9-10,12,14,18,22,26H,5,8,11,13H2,1H3/t18-,22-/m1/s1. The Morgan fingerprint density at radius 1 is 1.30 bits per heavy atom. The fraction of sp³-hybridized carbons (Fsp3) is 0.292. The van der Waals surface area contributed by atoms with Crippen LogP contribution in [-0.4, -0.2) is 41.0 Å². The molecule has 2 aliphatic rings. The Morgan fingerprint density at radius 2 is 2.15 bits per heavy atom. The van der Waals surface area contributed by atoms with Crippen LogP contribution in [0.4, 0.5) is 16.5 Å². The first-order chi connectivity index (χ1) is 16.0. The lowest BCUT2D eigenvalue weighted by Gasteiger charge is -2.38. The second-order valence-corrected chi connectivity index (χ2v) is 9.35. The van der Waals surface area contributed by atoms with Crippen LogP contribution in [0.3, 0.4) is 0 Å². The molecule has 5 rings (SSSR count). The van der Waals surface area contributed by atoms with E-state index in [2.05, 4.69) is 5.32 Å². The van der Waals surface area contributed by atoms with Crippen molar-refractivity contribution in [2.24, 2.45) is 0 Å². The number of para-hydroxylation sites is 1. The molecule has 170 valence electrons. The Hall–Kier alpha value is -2.94. The van der Waals surface area contributed by atoms with Gasteiger partial charge in [-0.05, 0) is 43.2 Å². The van der Waals surface area contributed by atoms with Crippen LogP contribution in [0, 0.1) is 0 Å². The fourth-order valence-electron chi connectivity index (χ4n) is 4.27. The largest absolute Gasteiger partial charge is 0.376 e. The maximum absolute atomic E-state index is 13.4. The van der Waals surface area contributed by atoms with Gasteiger partial charge in [-0.1, -0.05) is 29.8 Å². The summed E-state index contributed by atoms with van der Waals surface area (Å²) in [7, 11) is 0. The van der Waals surface area contributed by atoms with Gasteiger partial charge in [0, 0.05) is 36.2 Å². The van der Waals surface area contributed by atoms with Crippen molar-refractivity contribution >= 4 is 51.3 Å². The summed E-state index contributed by atoms with van der Waals surface area (Å²) in [5.41, 5.74) is 2.71. The number of hydrogen-bond acceptors (Lipinski definition) is 6. The first-order valence-corrected chi connectivity index (χ1v) is 12.1. The van der Waals surface area contributed by atoms with E-state index in [0.29, 0.717) is 33.6 Å². The molecule has 2 aliphatic heterocycles. The number of nitrogens with one attached hydrogen (secondary N) is 1. The van der Waals surface area contributed by atoms with Crippen molar-refractivity contribution in [2.75, 3.05) is 23.4 Å². The number of aromatic nitrogens is 1. The molecule has 1 fully saturated rings. The molecule has 3 heterocycles. The Morgan fingerprint density at radius 3 is 2.91 bits per heavy atom. The molecule has 7 nitrogen and oxygen atoms in total. The van der Waals surface area contributed by atoms with Crippen LogP contribution >= 0.6 is 22.9 Å². The number of carbonyl (C=O) groups excluding carboxylic acids is 2. The first kappa shape index (κ1) is 21.9. The number of anilines is 3. The van der Waals surface area contributed by atoms with Gasteiger partial charge < -0.3 is 15.0 Å². The number of halogens is 1. The molecular formula is C24H23ClN4O3S. The number of amides is 2. The molecule has 2 aromatic carbocycles. The quantitative estimate of drug-likeness (QED) is 0.539. The van der Waals surface area contributed by atoms with Crippen LogP contribution in [0.2, 0.25) is 5.02 Å². The van der Waals surface area contributed by atoms with Gasteiger partial charge in [-0.2, -0.15) is 0 Å². The van der Waals surface area contributed by atoms with Crippen molar-refractivity contribution in [3.8, 4) is 0 Å². The van der Waals surface area contributed by atoms with Crippen LogP contribution in [0.15, 0.2) is 53.9 Å². The van der Waals surface area contributed by atoms with E-state index in [1.165, 1.54) is 23.2 Å². The van der Waals surface area contributed by atoms with Gasteiger partial charge in [0.2, 0.25) is 5.91 Å². The number of fused-ring (bicyclic) bond motifs is 1. The third kappa shape index (κ3) is 4.34. The van der Waals surface area contributed by atoms with Crippen LogP contribution in [-0.2, 0) is 9.53 Å². The predicted octanol–water partition coefficient (Wildman–Crippen LogP) is 5.23. The molecule has 0 unspecified atom stereocenters. The van der Waals surface area contributed by atoms with Gasteiger partial charge >= 0.3 is 0 Å². The third-order valence-corrected chi connectivity index (χ3v) is 6.89. The summed E-state index contributed by atoms with van der Waals surface area (Å²) in [6, 6.07) is 14.6. The molecule has 0 spiro atoms. The zero-order valence-corrected chi connectivity index (χ0v) is 19.6. The lowest BCUT2D eigenvalue weighted by molar-refractivity contribution is -0.115. The normalized spacial score (nSPS) is 19.8. The minimum absolute atomic E-state index is 0.00166. The monoisotopic (exact) mass is 482 g/mol. The summed E-state index contributed by atoms with van der Waals surface area (Å²) in [5.74, 6) is -0.231. The minimum Gasteiger partial charge on any atom is -0.376 e. The van der Waals surface area contributed by atoms with E-state index in [1.807, 2.05) is 35.7 Å². The molecular weight excluding hydrogens is 460 g/mol. The molecule has 0 bridgehead atoms. The number of nitrogens with zero attached hydrogens (tertiary/aromatic N) is 3. The summed E-state index contributed by atoms with van der Waals surface area (Å²) >= 11 is 7.50. The average molecular weight is 483 g/mol. The molecule has 2 atom stereocenters. The zero-order chi connectivity index (χ0) is 22.9. The molecule has 0 aliphatic carbocycles. The van der Waals surface area contributed by atoms with Gasteiger partial charge in [0.25, 0.3) is 5.91 Å². The van der Waals surface area contributed by atoms with Crippen molar-refractivity contribution in [1.82, 2.24) is 9.88 Å². The number of thiazole rings is 1. The van der Waals surface area contributed by atoms with Gasteiger partial charge in [0.1, 0.15) is 6.17 Å². The fourth-order valence-corrected chi connectivity index (χ4v) is 5.36. The zero-order valence-electron chi connectivity index (χ0n) is 18.0. The van der Waals surface area contributed by atoms with Crippen molar-refractivity contribution in [1.29, 1.82) is 0 Å². The molecule has 9 heteroatoms. The Balaban J connectivity index is 1.50. The second kappa shape index (κ2) is 9.13. The first-order valence-electron chi connectivity index (χ1n) is 10.8. The Labute approximate surface area is 200 Å². The van der Waals surface area contributed by atoms with Crippen LogP contribution in [0.25, 0.3) is 0 Å². The maximum Gasteiger partial charge on any atom is 0.257 e. The van der Waals surface area contributed by atoms with Crippen molar-refractivity contribution < 1.29 is 14.3 Å². The van der Waals surface area contributed by atoms with Crippen molar-refractivity contribution in [2.45, 2.75) is 32.0 Å². The van der Waals surface area contributed by atoms with E-state index in [1.54, 1.807) is 23.1 Å². The summed E-state index contributed by atoms with van der Waals surface area (Å²) in [6.45, 7) is 2.68. The molecule has 33 heavy (non-hydrogen) atoms. The molecule has 0 saturated carbocycles. The van der Waals surface area contributed by atoms with Gasteiger partial charge in [-0.25, -0.2) is 4.98 Å². The van der Waals surface area contributed by atoms with E-state index in [0.717, 1.165) is 25.1 Å². The van der Waals surface area contributed by atoms with E-state index in [4.69, 9.17) is 21.3 Å². The van der Waals surface area contributed by atoms with E-state index < -0.39 is 6.17 Å². The summed E-state index contributed by atoms with van der Waals surface area (Å²) in [4.78, 5) is 34.0. The predicted molar refractivity (Wildman–Crippen MR) is 129 cm³/mol. The highest BCUT2D eigenvalue weighted by Crippen LogP contribution is 2.37. The maximum atomic E-state index is 13.4. The van der Waals surface area contributed by atoms with Crippen LogP contribution in [0.1, 0.15) is 42.0 Å². The lowest BCUT2D eigenvalue weighted by Crippen LogP contribution is -2.46. The molecule has 2 amide bonds. The van der Waals surface area contributed by atoms with Crippen LogP contribution in [0.5, 0.6) is 0 Å². The highest BCUT2D eigenvalue weighted by atomic mass is 35.5. The number of ether oxygens (including phenoxy) is 1. The number of carbonyl (C=O) groups is 2. The highest BCUT2D eigenvalue weighted by Gasteiger charge is 2.36. The Bertz CT molecular complexity index is 1190. The molecule has 0 radical (unpaired) electrons. The SMILES string of the molecule is CC(=O)N(c1cccc(Cl)c1)c1nc([C@@H]2Nc3ccccc3C(=O)N2C[C@H]2CCCO2)cs1. The highest BCUT2D eigenvalue weighted by molar-refractivity contribution is 7.14. The molecule has 1 aromatic heterocycles. The Kier molecular flexibility index (Phi) is 6.05. The minimum atomic E-state index is -0.463. The van der Waals surface area contributed by atoms with Crippen molar-refractivity contribution in [3.05, 3.63) is 70.2 Å². The van der Waals surface area contributed by atoms with Gasteiger partial charge in [0.05, 0.1) is 23.0 Å². The third-order valence-electron chi connectivity index (χ3n) is 5.81. The number of rotatable bonds is 5. The van der Waals surface area contributed by atoms with E-state index in [9.17, 15) is 9.59 Å². The summed E-state index contributed by atoms with van der Waals surface area (Å²) in [5, 5.41) is 6.41. The second-order valence-electron chi connectivity index (χ2n) is 8.07. The average Bonchev–Trinajstić information content (AvgIpc) is 3.48. The lowest BCUT2D eigenvalue weighted by atomic mass is 10.1. The van der Waals surface area contributed by atoms with Gasteiger partial charge in [0.15, 0.2) is 5.13 Å². The molecule has 1 saturated heterocycles. The van der Waals surface area contributed by atoms with Gasteiger partial charge in [-0.15, -0.1) is 11.3 Å². The van der Waals surface area contributed by atoms with Gasteiger partial charge in [-0.3, -0.25) is 14.5 Å². The number of benzene rings is 2. The van der Waals surface area contributed by atoms with Crippen molar-refractivity contribution in [3.63, 3.8) is 0 Å². The van der Waals surface area contributed by atoms with Crippen LogP contribution < -0.4 is 10.2 Å². The smallest absolute Gasteiger partial charge is 0.257 e. The van der Waals surface area contributed by atoms with E-state index in [-0.39, 0.29) is 17.9 Å². The number of hydrogen-bond donors (Lipinski definition) is 1. The summed E-state index contributed by atoms with van der Waals surface area (Å²) < 4.78 is 5.82. The van der Waals surface area contributed by atoms with E-state index >= 15 is 0 Å². The molecule has 3 aromatic rings. The summed E-state index contributed by atoms with van der Waals surface area (Å²) in [6.07, 6.45) is 1.46. The topological polar surface area (TPSA) is 74.8 Å². The molecule has 1 N–H and O–H groups in total.